The maximum atomic E-state index is 12.3. The molecule has 2 aromatic heterocycles. The fraction of sp³-hybridized carbons (Fsp3) is 0.455. The molecule has 10 heteroatoms. The fourth-order valence-corrected chi connectivity index (χ4v) is 2.27. The van der Waals surface area contributed by atoms with E-state index >= 15 is 0 Å². The predicted octanol–water partition coefficient (Wildman–Crippen LogP) is 2.26. The lowest BCUT2D eigenvalue weighted by atomic mass is 10.2. The minimum atomic E-state index is -2.69. The van der Waals surface area contributed by atoms with Crippen LogP contribution in [0.4, 0.5) is 18.7 Å². The molecular formula is C11H14F2N6OS. The van der Waals surface area contributed by atoms with Gasteiger partial charge in [0.1, 0.15) is 0 Å². The average Bonchev–Trinajstić information content (AvgIpc) is 2.98. The molecule has 1 atom stereocenters. The number of urea groups is 1. The van der Waals surface area contributed by atoms with Crippen LogP contribution in [0.3, 0.4) is 0 Å². The topological polar surface area (TPSA) is 95.6 Å². The Morgan fingerprint density at radius 1 is 1.48 bits per heavy atom. The van der Waals surface area contributed by atoms with Crippen molar-refractivity contribution in [2.75, 3.05) is 5.32 Å². The van der Waals surface area contributed by atoms with Crippen LogP contribution in [-0.2, 0) is 6.42 Å². The second-order valence-corrected chi connectivity index (χ2v) is 5.50. The Bertz CT molecular complexity index is 613. The van der Waals surface area contributed by atoms with E-state index in [9.17, 15) is 13.6 Å². The van der Waals surface area contributed by atoms with E-state index in [1.165, 1.54) is 0 Å². The van der Waals surface area contributed by atoms with E-state index in [-0.39, 0.29) is 11.2 Å². The highest BCUT2D eigenvalue weighted by Crippen LogP contribution is 2.24. The minimum absolute atomic E-state index is 0.0330. The van der Waals surface area contributed by atoms with E-state index in [1.54, 1.807) is 0 Å². The number of aryl methyl sites for hydroxylation is 1. The van der Waals surface area contributed by atoms with E-state index in [1.807, 2.05) is 19.9 Å². The summed E-state index contributed by atoms with van der Waals surface area (Å²) in [5, 5.41) is 18.3. The second-order valence-electron chi connectivity index (χ2n) is 4.49. The van der Waals surface area contributed by atoms with Gasteiger partial charge in [0.25, 0.3) is 6.43 Å². The number of hydrogen-bond donors (Lipinski definition) is 3. The molecule has 114 valence electrons. The smallest absolute Gasteiger partial charge is 0.321 e. The van der Waals surface area contributed by atoms with Gasteiger partial charge in [-0.3, -0.25) is 10.4 Å². The van der Waals surface area contributed by atoms with Gasteiger partial charge in [0, 0.05) is 18.2 Å². The fourth-order valence-electron chi connectivity index (χ4n) is 1.67. The van der Waals surface area contributed by atoms with Crippen LogP contribution >= 0.6 is 11.3 Å². The molecule has 2 amide bonds. The van der Waals surface area contributed by atoms with Crippen molar-refractivity contribution in [1.29, 1.82) is 0 Å². The van der Waals surface area contributed by atoms with Crippen molar-refractivity contribution in [3.05, 3.63) is 22.5 Å². The molecule has 2 heterocycles. The first-order valence-electron chi connectivity index (χ1n) is 6.14. The van der Waals surface area contributed by atoms with Crippen LogP contribution in [0.25, 0.3) is 0 Å². The van der Waals surface area contributed by atoms with Gasteiger partial charge in [-0.2, -0.15) is 5.10 Å². The highest BCUT2D eigenvalue weighted by molar-refractivity contribution is 7.15. The number of amides is 2. The molecule has 0 aromatic carbocycles. The molecule has 2 rings (SSSR count). The van der Waals surface area contributed by atoms with Gasteiger partial charge in [-0.05, 0) is 19.9 Å². The molecule has 3 N–H and O–H groups in total. The number of nitrogens with one attached hydrogen (secondary N) is 3. The Morgan fingerprint density at radius 2 is 2.24 bits per heavy atom. The molecule has 0 unspecified atom stereocenters. The molecule has 0 aliphatic carbocycles. The number of nitrogens with zero attached hydrogens (tertiary/aromatic N) is 3. The Morgan fingerprint density at radius 3 is 2.81 bits per heavy atom. The lowest BCUT2D eigenvalue weighted by Crippen LogP contribution is -2.37. The van der Waals surface area contributed by atoms with Crippen molar-refractivity contribution in [1.82, 2.24) is 25.7 Å². The van der Waals surface area contributed by atoms with Crippen molar-refractivity contribution in [3.8, 4) is 0 Å². The van der Waals surface area contributed by atoms with Crippen LogP contribution in [0.2, 0.25) is 0 Å². The summed E-state index contributed by atoms with van der Waals surface area (Å²) < 4.78 is 24.7. The largest absolute Gasteiger partial charge is 0.335 e. The minimum Gasteiger partial charge on any atom is -0.335 e. The van der Waals surface area contributed by atoms with Crippen molar-refractivity contribution >= 4 is 22.5 Å². The number of H-pyrrole nitrogens is 1. The third-order valence-electron chi connectivity index (χ3n) is 2.50. The van der Waals surface area contributed by atoms with Crippen LogP contribution in [-0.4, -0.2) is 32.5 Å². The Kier molecular flexibility index (Phi) is 4.78. The van der Waals surface area contributed by atoms with Crippen LogP contribution in [0.5, 0.6) is 0 Å². The summed E-state index contributed by atoms with van der Waals surface area (Å²) in [6, 6.07) is 1.19. The van der Waals surface area contributed by atoms with Gasteiger partial charge in [-0.1, -0.05) is 11.3 Å². The summed E-state index contributed by atoms with van der Waals surface area (Å²) >= 11 is 0.642. The maximum Gasteiger partial charge on any atom is 0.321 e. The number of carbonyl (C=O) groups excluding carboxylic acids is 1. The molecule has 0 aliphatic heterocycles. The van der Waals surface area contributed by atoms with Crippen LogP contribution in [0, 0.1) is 6.92 Å². The van der Waals surface area contributed by atoms with Crippen molar-refractivity contribution in [3.63, 3.8) is 0 Å². The average molecular weight is 316 g/mol. The number of alkyl halides is 2. The number of rotatable bonds is 5. The van der Waals surface area contributed by atoms with E-state index in [0.717, 1.165) is 11.4 Å². The lowest BCUT2D eigenvalue weighted by Gasteiger charge is -2.12. The second kappa shape index (κ2) is 6.57. The zero-order valence-electron chi connectivity index (χ0n) is 11.4. The molecule has 0 aliphatic rings. The van der Waals surface area contributed by atoms with Crippen molar-refractivity contribution in [2.45, 2.75) is 32.7 Å². The van der Waals surface area contributed by atoms with Crippen LogP contribution < -0.4 is 10.6 Å². The molecule has 0 saturated carbocycles. The molecular weight excluding hydrogens is 302 g/mol. The monoisotopic (exact) mass is 316 g/mol. The number of aromatic amines is 1. The van der Waals surface area contributed by atoms with Crippen LogP contribution in [0.1, 0.15) is 29.7 Å². The summed E-state index contributed by atoms with van der Waals surface area (Å²) in [4.78, 5) is 11.7. The summed E-state index contributed by atoms with van der Waals surface area (Å²) in [7, 11) is 0. The van der Waals surface area contributed by atoms with Gasteiger partial charge in [0.05, 0.1) is 5.69 Å². The molecule has 0 bridgehead atoms. The van der Waals surface area contributed by atoms with Gasteiger partial charge in [-0.25, -0.2) is 13.6 Å². The first-order chi connectivity index (χ1) is 9.94. The first-order valence-corrected chi connectivity index (χ1v) is 6.95. The first kappa shape index (κ1) is 15.3. The standard InChI is InChI=1S/C11H14F2N6OS/c1-5(3-7-4-6(2)16-17-7)14-10(20)15-11-19-18-9(21-11)8(12)13/h4-5,8H,3H2,1-2H3,(H,16,17)(H2,14,15,19,20)/t5-/m1/s1. The van der Waals surface area contributed by atoms with Gasteiger partial charge < -0.3 is 5.32 Å². The molecule has 21 heavy (non-hydrogen) atoms. The summed E-state index contributed by atoms with van der Waals surface area (Å²) in [6.45, 7) is 3.70. The zero-order valence-corrected chi connectivity index (χ0v) is 12.2. The summed E-state index contributed by atoms with van der Waals surface area (Å²) in [6.07, 6.45) is -2.14. The number of carbonyl (C=O) groups is 1. The maximum absolute atomic E-state index is 12.3. The number of anilines is 1. The molecule has 7 nitrogen and oxygen atoms in total. The normalized spacial score (nSPS) is 12.4. The third-order valence-corrected chi connectivity index (χ3v) is 3.35. The Hall–Kier alpha value is -2.10. The molecule has 2 aromatic rings. The van der Waals surface area contributed by atoms with E-state index in [2.05, 4.69) is 31.0 Å². The molecule has 0 spiro atoms. The molecule has 0 fully saturated rings. The lowest BCUT2D eigenvalue weighted by molar-refractivity contribution is 0.150. The van der Waals surface area contributed by atoms with E-state index in [4.69, 9.17) is 0 Å². The Labute approximate surface area is 123 Å². The highest BCUT2D eigenvalue weighted by Gasteiger charge is 2.16. The number of hydrogen-bond acceptors (Lipinski definition) is 5. The zero-order chi connectivity index (χ0) is 15.4. The SMILES string of the molecule is Cc1cc(C[C@@H](C)NC(=O)Nc2nnc(C(F)F)s2)n[nH]1. The third kappa shape index (κ3) is 4.45. The van der Waals surface area contributed by atoms with Crippen LogP contribution in [0.15, 0.2) is 6.07 Å². The highest BCUT2D eigenvalue weighted by atomic mass is 32.1. The number of aromatic nitrogens is 4. The van der Waals surface area contributed by atoms with Crippen molar-refractivity contribution in [2.24, 2.45) is 0 Å². The molecule has 0 radical (unpaired) electrons. The van der Waals surface area contributed by atoms with Gasteiger partial charge in [-0.15, -0.1) is 10.2 Å². The van der Waals surface area contributed by atoms with Gasteiger partial charge in [0.15, 0.2) is 5.01 Å². The van der Waals surface area contributed by atoms with Gasteiger partial charge in [0.2, 0.25) is 5.13 Å². The Balaban J connectivity index is 1.83. The predicted molar refractivity (Wildman–Crippen MR) is 73.5 cm³/mol. The summed E-state index contributed by atoms with van der Waals surface area (Å²) in [5.41, 5.74) is 1.77. The molecule has 0 saturated heterocycles. The quantitative estimate of drug-likeness (QED) is 0.788. The number of halogens is 2. The van der Waals surface area contributed by atoms with Crippen molar-refractivity contribution < 1.29 is 13.6 Å². The summed E-state index contributed by atoms with van der Waals surface area (Å²) in [5.74, 6) is 0. The van der Waals surface area contributed by atoms with E-state index < -0.39 is 17.5 Å². The van der Waals surface area contributed by atoms with E-state index in [0.29, 0.717) is 17.8 Å². The van der Waals surface area contributed by atoms with Gasteiger partial charge >= 0.3 is 6.03 Å².